The second-order valence-corrected chi connectivity index (χ2v) is 12.4. The van der Waals surface area contributed by atoms with Gasteiger partial charge in [0.15, 0.2) is 17.5 Å². The van der Waals surface area contributed by atoms with Crippen LogP contribution in [0.4, 0.5) is 0 Å². The SMILES string of the molecule is [2H]c1cc([2H])c2c(c1[2H])c1c([2H])c([2H])cc([2H])c1n2-c1c(-c2nc(-c3ccccc3)nc(-c3ccccc3)n2)cccc1-c1c([2H])c([2H])c([2H])c2c1sc1c([2H])c([2H])c([2H])c([2H])c12. The monoisotopic (exact) mass is 669 g/mol. The molecule has 10 aromatic rings. The molecule has 0 amide bonds. The molecule has 0 unspecified atom stereocenters. The molecule has 0 spiro atoms. The van der Waals surface area contributed by atoms with E-state index < -0.39 is 36.3 Å². The zero-order valence-electron chi connectivity index (χ0n) is 38.9. The summed E-state index contributed by atoms with van der Waals surface area (Å²) in [6.07, 6.45) is 0. The van der Waals surface area contributed by atoms with E-state index in [9.17, 15) is 4.11 Å². The van der Waals surface area contributed by atoms with Crippen molar-refractivity contribution in [2.45, 2.75) is 0 Å². The van der Waals surface area contributed by atoms with E-state index >= 15 is 0 Å². The van der Waals surface area contributed by atoms with Gasteiger partial charge in [-0.25, -0.2) is 15.0 Å². The van der Waals surface area contributed by atoms with Gasteiger partial charge in [-0.1, -0.05) is 145 Å². The number of thiophene rings is 1. The van der Waals surface area contributed by atoms with E-state index in [1.807, 2.05) is 60.7 Å². The Morgan fingerprint density at radius 1 is 0.440 bits per heavy atom. The Labute approximate surface area is 310 Å². The molecular weight excluding hydrogens is 629 g/mol. The van der Waals surface area contributed by atoms with Gasteiger partial charge in [-0.15, -0.1) is 11.3 Å². The highest BCUT2D eigenvalue weighted by atomic mass is 32.1. The molecule has 0 radical (unpaired) electrons. The standard InChI is InChI=1S/C45H28N4S/c1-3-15-29(16-4-1)43-46-44(30-17-5-2-6-18-30)48-45(47-43)37-25-13-22-34(36-24-14-23-35-33-21-9-12-28-40(33)50-42(35)36)41(37)49-38-26-10-7-19-31(38)32-20-8-11-27-39(32)49/h1-28H/i7D,8D,9D,12D,14D,19D,20D,21D,23D,24D,26D,27D,28D. The summed E-state index contributed by atoms with van der Waals surface area (Å²) in [5.74, 6) is 0.688. The third kappa shape index (κ3) is 4.55. The topological polar surface area (TPSA) is 43.6 Å². The molecule has 0 fully saturated rings. The molecule has 0 bridgehead atoms. The van der Waals surface area contributed by atoms with Crippen molar-refractivity contribution in [3.63, 3.8) is 0 Å². The van der Waals surface area contributed by atoms with Crippen LogP contribution < -0.4 is 0 Å². The fraction of sp³-hybridized carbons (Fsp3) is 0. The molecule has 0 saturated carbocycles. The third-order valence-electron chi connectivity index (χ3n) is 8.53. The summed E-state index contributed by atoms with van der Waals surface area (Å²) in [4.78, 5) is 14.9. The van der Waals surface area contributed by atoms with Gasteiger partial charge in [-0.3, -0.25) is 0 Å². The van der Waals surface area contributed by atoms with Crippen LogP contribution in [-0.2, 0) is 0 Å². The van der Waals surface area contributed by atoms with Crippen LogP contribution in [0.5, 0.6) is 0 Å². The number of aromatic nitrogens is 4. The molecule has 0 aliphatic carbocycles. The Morgan fingerprint density at radius 3 is 1.70 bits per heavy atom. The summed E-state index contributed by atoms with van der Waals surface area (Å²) in [6, 6.07) is 20.9. The molecule has 3 heterocycles. The second kappa shape index (κ2) is 11.6. The second-order valence-electron chi connectivity index (χ2n) is 11.4. The van der Waals surface area contributed by atoms with Crippen molar-refractivity contribution in [2.75, 3.05) is 0 Å². The summed E-state index contributed by atoms with van der Waals surface area (Å²) in [5.41, 5.74) is 1.95. The minimum absolute atomic E-state index is 0.00910. The summed E-state index contributed by atoms with van der Waals surface area (Å²) in [5, 5.41) is 0.0199. The van der Waals surface area contributed by atoms with Crippen molar-refractivity contribution in [2.24, 2.45) is 0 Å². The van der Waals surface area contributed by atoms with Gasteiger partial charge in [0.2, 0.25) is 0 Å². The largest absolute Gasteiger partial charge is 0.308 e. The number of fused-ring (bicyclic) bond motifs is 6. The van der Waals surface area contributed by atoms with Crippen molar-refractivity contribution in [3.05, 3.63) is 170 Å². The fourth-order valence-corrected chi connectivity index (χ4v) is 7.43. The number of nitrogens with zero attached hydrogens (tertiary/aromatic N) is 4. The van der Waals surface area contributed by atoms with Gasteiger partial charge in [0.05, 0.1) is 34.5 Å². The van der Waals surface area contributed by atoms with Gasteiger partial charge in [0.1, 0.15) is 0 Å². The van der Waals surface area contributed by atoms with E-state index in [4.69, 9.17) is 28.7 Å². The van der Waals surface area contributed by atoms with Crippen molar-refractivity contribution < 1.29 is 17.8 Å². The highest BCUT2D eigenvalue weighted by Crippen LogP contribution is 2.45. The first kappa shape index (κ1) is 18.4. The average molecular weight is 670 g/mol. The number of para-hydroxylation sites is 3. The molecule has 50 heavy (non-hydrogen) atoms. The van der Waals surface area contributed by atoms with Gasteiger partial charge in [0.25, 0.3) is 0 Å². The highest BCUT2D eigenvalue weighted by molar-refractivity contribution is 7.26. The summed E-state index contributed by atoms with van der Waals surface area (Å²) < 4.78 is 119. The van der Waals surface area contributed by atoms with Crippen molar-refractivity contribution in [1.82, 2.24) is 19.5 Å². The van der Waals surface area contributed by atoms with Crippen molar-refractivity contribution >= 4 is 53.3 Å². The zero-order chi connectivity index (χ0) is 44.3. The van der Waals surface area contributed by atoms with Crippen LogP contribution in [0.25, 0.3) is 93.0 Å². The van der Waals surface area contributed by atoms with Crippen LogP contribution in [-0.4, -0.2) is 19.5 Å². The molecule has 3 aromatic heterocycles. The van der Waals surface area contributed by atoms with Gasteiger partial charge in [0, 0.05) is 58.8 Å². The predicted molar refractivity (Wildman–Crippen MR) is 209 cm³/mol. The lowest BCUT2D eigenvalue weighted by Crippen LogP contribution is -2.05. The van der Waals surface area contributed by atoms with Crippen LogP contribution in [0.3, 0.4) is 0 Å². The zero-order valence-corrected chi connectivity index (χ0v) is 26.7. The molecule has 0 aliphatic heterocycles. The molecular formula is C45H28N4S. The molecule has 5 heteroatoms. The lowest BCUT2D eigenvalue weighted by molar-refractivity contribution is 1.06. The first-order valence-corrected chi connectivity index (χ1v) is 16.5. The van der Waals surface area contributed by atoms with Gasteiger partial charge in [-0.05, 0) is 24.2 Å². The Balaban J connectivity index is 1.46. The molecule has 4 nitrogen and oxygen atoms in total. The van der Waals surface area contributed by atoms with Crippen LogP contribution in [0.2, 0.25) is 0 Å². The third-order valence-corrected chi connectivity index (χ3v) is 9.66. The number of hydrogen-bond acceptors (Lipinski definition) is 4. The maximum Gasteiger partial charge on any atom is 0.166 e. The average Bonchev–Trinajstić information content (AvgIpc) is 3.87. The van der Waals surface area contributed by atoms with Crippen LogP contribution in [0.15, 0.2) is 170 Å². The first-order valence-electron chi connectivity index (χ1n) is 22.1. The normalized spacial score (nSPS) is 15.2. The predicted octanol–water partition coefficient (Wildman–Crippen LogP) is 12.0. The van der Waals surface area contributed by atoms with Crippen LogP contribution >= 0.6 is 11.3 Å². The quantitative estimate of drug-likeness (QED) is 0.183. The van der Waals surface area contributed by atoms with Gasteiger partial charge < -0.3 is 4.57 Å². The number of hydrogen-bond donors (Lipinski definition) is 0. The van der Waals surface area contributed by atoms with E-state index in [2.05, 4.69) is 0 Å². The molecule has 7 aromatic carbocycles. The smallest absolute Gasteiger partial charge is 0.166 e. The molecule has 0 N–H and O–H groups in total. The molecule has 0 aliphatic rings. The lowest BCUT2D eigenvalue weighted by Gasteiger charge is -2.19. The van der Waals surface area contributed by atoms with E-state index in [0.717, 1.165) is 11.3 Å². The fourth-order valence-electron chi connectivity index (χ4n) is 6.35. The highest BCUT2D eigenvalue weighted by Gasteiger charge is 2.23. The Hall–Kier alpha value is -6.43. The van der Waals surface area contributed by atoms with E-state index in [1.165, 1.54) is 16.7 Å². The van der Waals surface area contributed by atoms with Crippen LogP contribution in [0.1, 0.15) is 17.8 Å². The van der Waals surface area contributed by atoms with E-state index in [1.54, 1.807) is 18.2 Å². The van der Waals surface area contributed by atoms with Gasteiger partial charge in [-0.2, -0.15) is 0 Å². The minimum Gasteiger partial charge on any atom is -0.308 e. The lowest BCUT2D eigenvalue weighted by atomic mass is 9.97. The molecule has 10 rings (SSSR count). The minimum atomic E-state index is -0.525. The van der Waals surface area contributed by atoms with Crippen LogP contribution in [0, 0.1) is 0 Å². The van der Waals surface area contributed by atoms with E-state index in [0.29, 0.717) is 22.8 Å². The Kier molecular flexibility index (Phi) is 4.27. The number of rotatable bonds is 5. The molecule has 0 saturated heterocycles. The summed E-state index contributed by atoms with van der Waals surface area (Å²) in [7, 11) is 0. The van der Waals surface area contributed by atoms with Gasteiger partial charge >= 0.3 is 0 Å². The number of benzene rings is 7. The molecule has 234 valence electrons. The van der Waals surface area contributed by atoms with Crippen molar-refractivity contribution in [3.8, 4) is 51.0 Å². The Morgan fingerprint density at radius 2 is 1.02 bits per heavy atom. The maximum atomic E-state index is 9.54. The first-order chi connectivity index (χ1) is 30.2. The summed E-state index contributed by atoms with van der Waals surface area (Å²) >= 11 is 0.945. The molecule has 0 atom stereocenters. The van der Waals surface area contributed by atoms with Crippen molar-refractivity contribution in [1.29, 1.82) is 0 Å². The Bertz CT molecular complexity index is 3480. The maximum absolute atomic E-state index is 9.54. The van der Waals surface area contributed by atoms with E-state index in [-0.39, 0.29) is 112 Å². The summed E-state index contributed by atoms with van der Waals surface area (Å²) in [6.45, 7) is 0.